The number of nitrogens with two attached hydrogens (primary N) is 1. The van der Waals surface area contributed by atoms with Gasteiger partial charge in [0.15, 0.2) is 0 Å². The number of nitrogen functional groups attached to an aromatic ring is 1. The van der Waals surface area contributed by atoms with Crippen LogP contribution >= 0.6 is 0 Å². The van der Waals surface area contributed by atoms with Gasteiger partial charge in [-0.05, 0) is 12.0 Å². The molecule has 3 N–H and O–H groups in total. The first-order chi connectivity index (χ1) is 8.47. The Labute approximate surface area is 107 Å². The lowest BCUT2D eigenvalue weighted by atomic mass is 10.1. The number of benzene rings is 1. The van der Waals surface area contributed by atoms with Crippen molar-refractivity contribution in [2.24, 2.45) is 11.8 Å². The van der Waals surface area contributed by atoms with Crippen LogP contribution in [-0.4, -0.2) is 18.5 Å². The van der Waals surface area contributed by atoms with E-state index in [1.165, 1.54) is 6.07 Å². The molecule has 0 aliphatic carbocycles. The van der Waals surface area contributed by atoms with E-state index in [1.807, 2.05) is 11.9 Å². The van der Waals surface area contributed by atoms with Crippen LogP contribution in [0, 0.1) is 16.0 Å². The maximum absolute atomic E-state index is 10.8. The molecular weight excluding hydrogens is 232 g/mol. The number of nitro benzene ring substituents is 1. The molecule has 0 aliphatic heterocycles. The van der Waals surface area contributed by atoms with Gasteiger partial charge in [-0.25, -0.2) is 0 Å². The smallest absolute Gasteiger partial charge is 0.273 e. The zero-order valence-corrected chi connectivity index (χ0v) is 11.0. The van der Waals surface area contributed by atoms with Crippen molar-refractivity contribution in [1.29, 1.82) is 0 Å². The predicted octanol–water partition coefficient (Wildman–Crippen LogP) is 2.36. The molecule has 1 rings (SSSR count). The van der Waals surface area contributed by atoms with Crippen molar-refractivity contribution in [3.8, 4) is 0 Å². The van der Waals surface area contributed by atoms with Gasteiger partial charge < -0.3 is 10.3 Å². The molecular formula is C12H20N4O2. The number of nitrogens with zero attached hydrogens (tertiary/aromatic N) is 2. The second-order valence-electron chi connectivity index (χ2n) is 4.53. The van der Waals surface area contributed by atoms with Gasteiger partial charge in [-0.2, -0.15) is 0 Å². The summed E-state index contributed by atoms with van der Waals surface area (Å²) in [5.74, 6) is 5.86. The predicted molar refractivity (Wildman–Crippen MR) is 73.6 cm³/mol. The monoisotopic (exact) mass is 252 g/mol. The lowest BCUT2D eigenvalue weighted by molar-refractivity contribution is -0.384. The van der Waals surface area contributed by atoms with Gasteiger partial charge in [-0.15, -0.1) is 0 Å². The lowest BCUT2D eigenvalue weighted by Gasteiger charge is -2.23. The number of hydrazine groups is 1. The standard InChI is InChI=1S/C12H20N4O2/c1-4-9(2)8-15(3)11-5-10(14-13)6-12(7-11)16(17)18/h5-7,9,14H,4,8,13H2,1-3H3. The van der Waals surface area contributed by atoms with Crippen LogP contribution in [-0.2, 0) is 0 Å². The summed E-state index contributed by atoms with van der Waals surface area (Å²) in [6.45, 7) is 5.12. The first kappa shape index (κ1) is 14.2. The molecule has 100 valence electrons. The molecule has 1 aromatic carbocycles. The summed E-state index contributed by atoms with van der Waals surface area (Å²) in [4.78, 5) is 12.4. The summed E-state index contributed by atoms with van der Waals surface area (Å²) in [5, 5.41) is 10.8. The molecule has 6 heteroatoms. The lowest BCUT2D eigenvalue weighted by Crippen LogP contribution is -2.23. The van der Waals surface area contributed by atoms with Crippen molar-refractivity contribution in [2.75, 3.05) is 23.9 Å². The Morgan fingerprint density at radius 2 is 2.17 bits per heavy atom. The Balaban J connectivity index is 3.00. The highest BCUT2D eigenvalue weighted by Gasteiger charge is 2.13. The summed E-state index contributed by atoms with van der Waals surface area (Å²) in [6, 6.07) is 4.78. The van der Waals surface area contributed by atoms with Gasteiger partial charge in [0, 0.05) is 31.4 Å². The van der Waals surface area contributed by atoms with E-state index < -0.39 is 4.92 Å². The minimum Gasteiger partial charge on any atom is -0.374 e. The van der Waals surface area contributed by atoms with Crippen molar-refractivity contribution in [3.63, 3.8) is 0 Å². The van der Waals surface area contributed by atoms with Crippen LogP contribution in [0.5, 0.6) is 0 Å². The fourth-order valence-electron chi connectivity index (χ4n) is 1.71. The first-order valence-corrected chi connectivity index (χ1v) is 5.95. The molecule has 0 fully saturated rings. The highest BCUT2D eigenvalue weighted by Crippen LogP contribution is 2.26. The highest BCUT2D eigenvalue weighted by molar-refractivity contribution is 5.63. The molecule has 0 radical (unpaired) electrons. The number of anilines is 2. The summed E-state index contributed by atoms with van der Waals surface area (Å²) in [6.07, 6.45) is 1.07. The number of non-ortho nitro benzene ring substituents is 1. The van der Waals surface area contributed by atoms with Gasteiger partial charge in [0.1, 0.15) is 0 Å². The third-order valence-corrected chi connectivity index (χ3v) is 3.00. The molecule has 18 heavy (non-hydrogen) atoms. The number of rotatable bonds is 6. The molecule has 0 spiro atoms. The van der Waals surface area contributed by atoms with Crippen molar-refractivity contribution in [2.45, 2.75) is 20.3 Å². The molecule has 1 unspecified atom stereocenters. The minimum absolute atomic E-state index is 0.0384. The Kier molecular flexibility index (Phi) is 4.91. The van der Waals surface area contributed by atoms with E-state index in [-0.39, 0.29) is 5.69 Å². The molecule has 0 amide bonds. The summed E-state index contributed by atoms with van der Waals surface area (Å²) < 4.78 is 0. The first-order valence-electron chi connectivity index (χ1n) is 5.95. The fraction of sp³-hybridized carbons (Fsp3) is 0.500. The van der Waals surface area contributed by atoms with Crippen LogP contribution in [0.1, 0.15) is 20.3 Å². The van der Waals surface area contributed by atoms with Crippen LogP contribution in [0.15, 0.2) is 18.2 Å². The van der Waals surface area contributed by atoms with Crippen molar-refractivity contribution in [3.05, 3.63) is 28.3 Å². The Bertz CT molecular complexity index is 423. The maximum atomic E-state index is 10.8. The van der Waals surface area contributed by atoms with Crippen LogP contribution in [0.3, 0.4) is 0 Å². The summed E-state index contributed by atoms with van der Waals surface area (Å²) in [5.41, 5.74) is 3.82. The second kappa shape index (κ2) is 6.20. The fourth-order valence-corrected chi connectivity index (χ4v) is 1.71. The van der Waals surface area contributed by atoms with Gasteiger partial charge >= 0.3 is 0 Å². The Hall–Kier alpha value is -1.82. The largest absolute Gasteiger partial charge is 0.374 e. The SMILES string of the molecule is CCC(C)CN(C)c1cc(NN)cc([N+](=O)[O-])c1. The van der Waals surface area contributed by atoms with Crippen LogP contribution in [0.4, 0.5) is 17.1 Å². The van der Waals surface area contributed by atoms with E-state index in [1.54, 1.807) is 12.1 Å². The van der Waals surface area contributed by atoms with Crippen molar-refractivity contribution in [1.82, 2.24) is 0 Å². The number of hydrogen-bond acceptors (Lipinski definition) is 5. The molecule has 6 nitrogen and oxygen atoms in total. The second-order valence-corrected chi connectivity index (χ2v) is 4.53. The van der Waals surface area contributed by atoms with E-state index in [0.717, 1.165) is 18.7 Å². The van der Waals surface area contributed by atoms with E-state index in [0.29, 0.717) is 11.6 Å². The Morgan fingerprint density at radius 1 is 1.50 bits per heavy atom. The maximum Gasteiger partial charge on any atom is 0.273 e. The van der Waals surface area contributed by atoms with Crippen LogP contribution in [0.2, 0.25) is 0 Å². The average molecular weight is 252 g/mol. The highest BCUT2D eigenvalue weighted by atomic mass is 16.6. The molecule has 0 aliphatic rings. The number of hydrogen-bond donors (Lipinski definition) is 2. The van der Waals surface area contributed by atoms with Gasteiger partial charge in [0.25, 0.3) is 5.69 Å². The summed E-state index contributed by atoms with van der Waals surface area (Å²) in [7, 11) is 1.92. The zero-order valence-electron chi connectivity index (χ0n) is 11.0. The van der Waals surface area contributed by atoms with E-state index in [9.17, 15) is 10.1 Å². The number of nitro groups is 1. The van der Waals surface area contributed by atoms with E-state index in [2.05, 4.69) is 19.3 Å². The molecule has 1 atom stereocenters. The Morgan fingerprint density at radius 3 is 2.67 bits per heavy atom. The van der Waals surface area contributed by atoms with Gasteiger partial charge in [-0.3, -0.25) is 16.0 Å². The quantitative estimate of drug-likeness (QED) is 0.461. The molecule has 0 saturated heterocycles. The topological polar surface area (TPSA) is 84.4 Å². The average Bonchev–Trinajstić information content (AvgIpc) is 2.37. The molecule has 0 bridgehead atoms. The van der Waals surface area contributed by atoms with Gasteiger partial charge in [0.2, 0.25) is 0 Å². The third kappa shape index (κ3) is 3.59. The third-order valence-electron chi connectivity index (χ3n) is 3.00. The number of nitrogens with one attached hydrogen (secondary N) is 1. The van der Waals surface area contributed by atoms with Crippen molar-refractivity contribution >= 4 is 17.1 Å². The van der Waals surface area contributed by atoms with E-state index in [4.69, 9.17) is 5.84 Å². The molecule has 0 saturated carbocycles. The van der Waals surface area contributed by atoms with Gasteiger partial charge in [-0.1, -0.05) is 20.3 Å². The summed E-state index contributed by atoms with van der Waals surface area (Å²) >= 11 is 0. The molecule has 0 heterocycles. The zero-order chi connectivity index (χ0) is 13.7. The molecule has 1 aromatic rings. The molecule has 0 aromatic heterocycles. The van der Waals surface area contributed by atoms with E-state index >= 15 is 0 Å². The van der Waals surface area contributed by atoms with Crippen LogP contribution < -0.4 is 16.2 Å². The van der Waals surface area contributed by atoms with Crippen molar-refractivity contribution < 1.29 is 4.92 Å². The normalized spacial score (nSPS) is 12.0. The van der Waals surface area contributed by atoms with Gasteiger partial charge in [0.05, 0.1) is 10.6 Å². The van der Waals surface area contributed by atoms with Crippen LogP contribution in [0.25, 0.3) is 0 Å². The minimum atomic E-state index is -0.415.